The van der Waals surface area contributed by atoms with Gasteiger partial charge in [0.05, 0.1) is 24.5 Å². The third kappa shape index (κ3) is 6.18. The van der Waals surface area contributed by atoms with Gasteiger partial charge >= 0.3 is 0 Å². The smallest absolute Gasteiger partial charge is 0.233 e. The summed E-state index contributed by atoms with van der Waals surface area (Å²) >= 11 is 0. The summed E-state index contributed by atoms with van der Waals surface area (Å²) in [5.74, 6) is -0.862. The largest absolute Gasteiger partial charge is 0.497 e. The number of carbonyl (C=O) groups is 1. The van der Waals surface area contributed by atoms with E-state index in [-0.39, 0.29) is 11.7 Å². The highest BCUT2D eigenvalue weighted by Gasteiger charge is 2.22. The van der Waals surface area contributed by atoms with Crippen LogP contribution < -0.4 is 19.7 Å². The zero-order chi connectivity index (χ0) is 20.0. The summed E-state index contributed by atoms with van der Waals surface area (Å²) < 4.78 is 32.2. The van der Waals surface area contributed by atoms with Crippen LogP contribution in [0.5, 0.6) is 5.75 Å². The fraction of sp³-hybridized carbons (Fsp3) is 0.316. The summed E-state index contributed by atoms with van der Waals surface area (Å²) in [6.45, 7) is 1.58. The average molecular weight is 391 g/mol. The molecule has 1 amide bonds. The third-order valence-electron chi connectivity index (χ3n) is 3.91. The molecule has 0 saturated carbocycles. The van der Waals surface area contributed by atoms with E-state index in [0.717, 1.165) is 5.69 Å². The molecule has 0 saturated heterocycles. The molecule has 8 heteroatoms. The monoisotopic (exact) mass is 391 g/mol. The normalized spacial score (nSPS) is 12.1. The van der Waals surface area contributed by atoms with Crippen molar-refractivity contribution in [2.24, 2.45) is 5.92 Å². The van der Waals surface area contributed by atoms with Crippen LogP contribution in [-0.2, 0) is 14.8 Å². The molecular formula is C19H25N3O4S. The van der Waals surface area contributed by atoms with Gasteiger partial charge < -0.3 is 15.0 Å². The highest BCUT2D eigenvalue weighted by Crippen LogP contribution is 2.19. The maximum atomic E-state index is 12.3. The molecule has 1 unspecified atom stereocenters. The summed E-state index contributed by atoms with van der Waals surface area (Å²) in [4.78, 5) is 14.3. The number of methoxy groups -OCH3 is 1. The first-order valence-corrected chi connectivity index (χ1v) is 10.1. The van der Waals surface area contributed by atoms with Gasteiger partial charge in [0, 0.05) is 31.5 Å². The molecule has 0 heterocycles. The number of hydrogen-bond donors (Lipinski definition) is 2. The van der Waals surface area contributed by atoms with Crippen molar-refractivity contribution in [2.45, 2.75) is 6.92 Å². The van der Waals surface area contributed by atoms with E-state index in [1.54, 1.807) is 43.3 Å². The molecule has 146 valence electrons. The zero-order valence-electron chi connectivity index (χ0n) is 15.9. The summed E-state index contributed by atoms with van der Waals surface area (Å²) in [6.07, 6.45) is 0. The molecule has 0 aliphatic heterocycles. The Labute approximate surface area is 160 Å². The van der Waals surface area contributed by atoms with E-state index in [1.807, 2.05) is 31.1 Å². The van der Waals surface area contributed by atoms with Crippen LogP contribution in [0.25, 0.3) is 0 Å². The van der Waals surface area contributed by atoms with Gasteiger partial charge in [0.15, 0.2) is 0 Å². The van der Waals surface area contributed by atoms with E-state index < -0.39 is 15.9 Å². The van der Waals surface area contributed by atoms with E-state index in [0.29, 0.717) is 17.1 Å². The first kappa shape index (κ1) is 20.6. The van der Waals surface area contributed by atoms with Gasteiger partial charge in [-0.2, -0.15) is 0 Å². The van der Waals surface area contributed by atoms with Crippen molar-refractivity contribution in [3.8, 4) is 5.75 Å². The lowest BCUT2D eigenvalue weighted by Crippen LogP contribution is -2.29. The van der Waals surface area contributed by atoms with Crippen molar-refractivity contribution in [3.05, 3.63) is 48.5 Å². The van der Waals surface area contributed by atoms with Crippen molar-refractivity contribution in [2.75, 3.05) is 41.9 Å². The zero-order valence-corrected chi connectivity index (χ0v) is 16.7. The van der Waals surface area contributed by atoms with Gasteiger partial charge in [-0.25, -0.2) is 8.42 Å². The lowest BCUT2D eigenvalue weighted by atomic mass is 10.2. The molecule has 2 rings (SSSR count). The highest BCUT2D eigenvalue weighted by molar-refractivity contribution is 7.92. The van der Waals surface area contributed by atoms with Gasteiger partial charge in [0.25, 0.3) is 0 Å². The molecule has 0 aliphatic carbocycles. The lowest BCUT2D eigenvalue weighted by molar-refractivity contribution is -0.118. The summed E-state index contributed by atoms with van der Waals surface area (Å²) in [6, 6.07) is 13.9. The van der Waals surface area contributed by atoms with Gasteiger partial charge in [-0.3, -0.25) is 9.52 Å². The Kier molecular flexibility index (Phi) is 6.68. The van der Waals surface area contributed by atoms with Crippen molar-refractivity contribution >= 4 is 33.0 Å². The SMILES string of the molecule is COc1cccc(NS(=O)(=O)CC(C)C(=O)Nc2ccc(N(C)C)cc2)c1. The van der Waals surface area contributed by atoms with Gasteiger partial charge in [0.2, 0.25) is 15.9 Å². The number of benzene rings is 2. The quantitative estimate of drug-likeness (QED) is 0.722. The van der Waals surface area contributed by atoms with E-state index >= 15 is 0 Å². The Morgan fingerprint density at radius 1 is 1.11 bits per heavy atom. The molecule has 2 aromatic rings. The van der Waals surface area contributed by atoms with Crippen LogP contribution in [0.15, 0.2) is 48.5 Å². The minimum absolute atomic E-state index is 0.328. The maximum absolute atomic E-state index is 12.3. The van der Waals surface area contributed by atoms with E-state index in [9.17, 15) is 13.2 Å². The van der Waals surface area contributed by atoms with Crippen LogP contribution in [0.3, 0.4) is 0 Å². The second-order valence-electron chi connectivity index (χ2n) is 6.45. The number of nitrogens with zero attached hydrogens (tertiary/aromatic N) is 1. The summed E-state index contributed by atoms with van der Waals surface area (Å²) in [5.41, 5.74) is 2.02. The molecule has 0 aliphatic rings. The second kappa shape index (κ2) is 8.77. The van der Waals surface area contributed by atoms with Gasteiger partial charge in [-0.1, -0.05) is 13.0 Å². The predicted molar refractivity (Wildman–Crippen MR) is 109 cm³/mol. The molecule has 2 N–H and O–H groups in total. The fourth-order valence-electron chi connectivity index (χ4n) is 2.42. The number of rotatable bonds is 8. The Morgan fingerprint density at radius 3 is 2.37 bits per heavy atom. The molecule has 0 aromatic heterocycles. The number of nitrogens with one attached hydrogen (secondary N) is 2. The highest BCUT2D eigenvalue weighted by atomic mass is 32.2. The Morgan fingerprint density at radius 2 is 1.78 bits per heavy atom. The van der Waals surface area contributed by atoms with E-state index in [2.05, 4.69) is 10.0 Å². The van der Waals surface area contributed by atoms with Crippen LogP contribution >= 0.6 is 0 Å². The van der Waals surface area contributed by atoms with Gasteiger partial charge in [-0.05, 0) is 36.4 Å². The molecule has 0 spiro atoms. The van der Waals surface area contributed by atoms with Gasteiger partial charge in [0.1, 0.15) is 5.75 Å². The molecule has 0 fully saturated rings. The van der Waals surface area contributed by atoms with Crippen molar-refractivity contribution in [1.29, 1.82) is 0 Å². The topological polar surface area (TPSA) is 87.7 Å². The van der Waals surface area contributed by atoms with Crippen LogP contribution in [0.4, 0.5) is 17.1 Å². The average Bonchev–Trinajstić information content (AvgIpc) is 2.61. The molecule has 7 nitrogen and oxygen atoms in total. The van der Waals surface area contributed by atoms with Crippen LogP contribution in [0, 0.1) is 5.92 Å². The minimum Gasteiger partial charge on any atom is -0.497 e. The van der Waals surface area contributed by atoms with Crippen molar-refractivity contribution in [1.82, 2.24) is 0 Å². The molecule has 27 heavy (non-hydrogen) atoms. The minimum atomic E-state index is -3.69. The third-order valence-corrected chi connectivity index (χ3v) is 5.40. The van der Waals surface area contributed by atoms with E-state index in [4.69, 9.17) is 4.74 Å². The molecule has 0 bridgehead atoms. The molecule has 1 atom stereocenters. The van der Waals surface area contributed by atoms with E-state index in [1.165, 1.54) is 7.11 Å². The Hall–Kier alpha value is -2.74. The molecular weight excluding hydrogens is 366 g/mol. The standard InChI is InChI=1S/C19H25N3O4S/c1-14(19(23)20-15-8-10-17(11-9-15)22(2)3)13-27(24,25)21-16-6-5-7-18(12-16)26-4/h5-12,14,21H,13H2,1-4H3,(H,20,23). The molecule has 2 aromatic carbocycles. The Balaban J connectivity index is 1.97. The Bertz CT molecular complexity index is 880. The van der Waals surface area contributed by atoms with Crippen molar-refractivity contribution in [3.63, 3.8) is 0 Å². The fourth-order valence-corrected chi connectivity index (χ4v) is 3.80. The van der Waals surface area contributed by atoms with Crippen LogP contribution in [0.1, 0.15) is 6.92 Å². The first-order valence-electron chi connectivity index (χ1n) is 8.43. The van der Waals surface area contributed by atoms with Crippen LogP contribution in [-0.4, -0.2) is 41.3 Å². The number of ether oxygens (including phenoxy) is 1. The number of amides is 1. The van der Waals surface area contributed by atoms with Gasteiger partial charge in [-0.15, -0.1) is 0 Å². The van der Waals surface area contributed by atoms with Crippen molar-refractivity contribution < 1.29 is 17.9 Å². The summed E-state index contributed by atoms with van der Waals surface area (Å²) in [5, 5.41) is 2.74. The first-order chi connectivity index (χ1) is 12.7. The lowest BCUT2D eigenvalue weighted by Gasteiger charge is -2.15. The number of hydrogen-bond acceptors (Lipinski definition) is 5. The second-order valence-corrected chi connectivity index (χ2v) is 8.21. The number of sulfonamides is 1. The molecule has 0 radical (unpaired) electrons. The predicted octanol–water partition coefficient (Wildman–Crippen LogP) is 2.78. The summed E-state index contributed by atoms with van der Waals surface area (Å²) in [7, 11) is 1.67. The maximum Gasteiger partial charge on any atom is 0.233 e. The number of carbonyl (C=O) groups excluding carboxylic acids is 1. The number of anilines is 3. The van der Waals surface area contributed by atoms with Crippen LogP contribution in [0.2, 0.25) is 0 Å².